The quantitative estimate of drug-likeness (QED) is 0.574. The summed E-state index contributed by atoms with van der Waals surface area (Å²) in [6.45, 7) is 2.07. The molecule has 3 aromatic rings. The number of nitrogens with one attached hydrogen (secondary N) is 2. The van der Waals surface area contributed by atoms with Crippen LogP contribution in [-0.2, 0) is 0 Å². The Bertz CT molecular complexity index is 748. The van der Waals surface area contributed by atoms with E-state index in [2.05, 4.69) is 29.4 Å². The maximum absolute atomic E-state index is 4.76. The molecule has 22 heavy (non-hydrogen) atoms. The van der Waals surface area contributed by atoms with Crippen LogP contribution in [0.2, 0.25) is 0 Å². The Balaban J connectivity index is 1.97. The van der Waals surface area contributed by atoms with E-state index >= 15 is 0 Å². The van der Waals surface area contributed by atoms with Crippen molar-refractivity contribution < 1.29 is 4.98 Å². The van der Waals surface area contributed by atoms with Gasteiger partial charge in [-0.15, -0.1) is 0 Å². The molecule has 0 spiro atoms. The van der Waals surface area contributed by atoms with E-state index in [0.29, 0.717) is 0 Å². The maximum atomic E-state index is 4.76. The van der Waals surface area contributed by atoms with Crippen molar-refractivity contribution in [2.45, 2.75) is 6.92 Å². The van der Waals surface area contributed by atoms with E-state index in [1.807, 2.05) is 67.0 Å². The molecule has 3 rings (SSSR count). The van der Waals surface area contributed by atoms with Gasteiger partial charge < -0.3 is 5.32 Å². The Morgan fingerprint density at radius 3 is 2.36 bits per heavy atom. The molecule has 0 aliphatic heterocycles. The summed E-state index contributed by atoms with van der Waals surface area (Å²) in [6.07, 6.45) is 3.79. The average Bonchev–Trinajstić information content (AvgIpc) is 2.58. The molecular formula is C19H18N3+. The van der Waals surface area contributed by atoms with Crippen molar-refractivity contribution in [1.29, 1.82) is 0 Å². The van der Waals surface area contributed by atoms with Crippen molar-refractivity contribution in [2.24, 2.45) is 4.99 Å². The number of aryl methyl sites for hydroxylation is 1. The number of nitrogens with zero attached hydrogens (tertiary/aromatic N) is 1. The summed E-state index contributed by atoms with van der Waals surface area (Å²) in [5.41, 5.74) is 4.17. The monoisotopic (exact) mass is 288 g/mol. The standard InChI is InChI=1S/C19H17N3/c1-15-9-11-17(12-10-15)21-19(16-6-3-2-4-7-16)22-18-8-5-13-20-14-18/h2-14H,1H3,(H,21,22)/p+1. The highest BCUT2D eigenvalue weighted by Gasteiger charge is 2.05. The van der Waals surface area contributed by atoms with Crippen LogP contribution in [0.5, 0.6) is 0 Å². The highest BCUT2D eigenvalue weighted by Crippen LogP contribution is 2.16. The smallest absolute Gasteiger partial charge is 0.190 e. The lowest BCUT2D eigenvalue weighted by Crippen LogP contribution is -2.15. The van der Waals surface area contributed by atoms with Crippen LogP contribution in [0.3, 0.4) is 0 Å². The van der Waals surface area contributed by atoms with Crippen molar-refractivity contribution in [1.82, 2.24) is 0 Å². The number of aromatic nitrogens is 1. The Morgan fingerprint density at radius 1 is 0.909 bits per heavy atom. The van der Waals surface area contributed by atoms with Crippen LogP contribution >= 0.6 is 0 Å². The van der Waals surface area contributed by atoms with Gasteiger partial charge in [0.15, 0.2) is 12.4 Å². The second-order valence-electron chi connectivity index (χ2n) is 5.08. The van der Waals surface area contributed by atoms with Gasteiger partial charge in [-0.3, -0.25) is 0 Å². The minimum absolute atomic E-state index is 0.823. The van der Waals surface area contributed by atoms with Crippen LogP contribution in [0, 0.1) is 6.92 Å². The molecule has 0 saturated heterocycles. The predicted octanol–water partition coefficient (Wildman–Crippen LogP) is 4.00. The highest BCUT2D eigenvalue weighted by molar-refractivity contribution is 6.09. The van der Waals surface area contributed by atoms with E-state index in [9.17, 15) is 0 Å². The molecule has 0 unspecified atom stereocenters. The van der Waals surface area contributed by atoms with Crippen molar-refractivity contribution in [3.8, 4) is 0 Å². The number of hydrogen-bond acceptors (Lipinski definition) is 1. The first-order valence-corrected chi connectivity index (χ1v) is 7.25. The molecular weight excluding hydrogens is 270 g/mol. The summed E-state index contributed by atoms with van der Waals surface area (Å²) in [5.74, 6) is 0.823. The molecule has 0 fully saturated rings. The second-order valence-corrected chi connectivity index (χ2v) is 5.08. The van der Waals surface area contributed by atoms with Crippen molar-refractivity contribution >= 4 is 17.2 Å². The number of anilines is 1. The molecule has 0 aliphatic carbocycles. The van der Waals surface area contributed by atoms with Crippen LogP contribution in [0.25, 0.3) is 0 Å². The molecule has 3 heteroatoms. The average molecular weight is 288 g/mol. The number of hydrogen-bond donors (Lipinski definition) is 1. The topological polar surface area (TPSA) is 38.5 Å². The Hall–Kier alpha value is -2.94. The normalized spacial score (nSPS) is 11.2. The SMILES string of the molecule is Cc1ccc(N=C(Nc2ccc[nH+]c2)c2ccccc2)cc1. The summed E-state index contributed by atoms with van der Waals surface area (Å²) in [5, 5.41) is 3.38. The maximum Gasteiger partial charge on any atom is 0.190 e. The van der Waals surface area contributed by atoms with Crippen molar-refractivity contribution in [3.63, 3.8) is 0 Å². The molecule has 0 bridgehead atoms. The Morgan fingerprint density at radius 2 is 1.68 bits per heavy atom. The van der Waals surface area contributed by atoms with Crippen LogP contribution < -0.4 is 10.3 Å². The van der Waals surface area contributed by atoms with Gasteiger partial charge in [-0.2, -0.15) is 0 Å². The van der Waals surface area contributed by atoms with E-state index in [-0.39, 0.29) is 0 Å². The van der Waals surface area contributed by atoms with Gasteiger partial charge in [0.1, 0.15) is 11.5 Å². The third-order valence-electron chi connectivity index (χ3n) is 3.29. The molecule has 1 aromatic heterocycles. The fourth-order valence-electron chi connectivity index (χ4n) is 2.12. The molecule has 0 amide bonds. The van der Waals surface area contributed by atoms with Gasteiger partial charge in [0, 0.05) is 11.6 Å². The summed E-state index contributed by atoms with van der Waals surface area (Å²) in [7, 11) is 0. The third-order valence-corrected chi connectivity index (χ3v) is 3.29. The van der Waals surface area contributed by atoms with Gasteiger partial charge in [-0.05, 0) is 25.1 Å². The van der Waals surface area contributed by atoms with Gasteiger partial charge in [-0.1, -0.05) is 48.0 Å². The number of aromatic amines is 1. The van der Waals surface area contributed by atoms with E-state index in [0.717, 1.165) is 22.8 Å². The minimum Gasteiger partial charge on any atom is -0.335 e. The molecule has 0 aliphatic rings. The van der Waals surface area contributed by atoms with E-state index in [4.69, 9.17) is 4.99 Å². The van der Waals surface area contributed by atoms with E-state index in [1.54, 1.807) is 0 Å². The molecule has 3 nitrogen and oxygen atoms in total. The largest absolute Gasteiger partial charge is 0.335 e. The van der Waals surface area contributed by atoms with Crippen molar-refractivity contribution in [2.75, 3.05) is 5.32 Å². The lowest BCUT2D eigenvalue weighted by Gasteiger charge is -2.09. The summed E-state index contributed by atoms with van der Waals surface area (Å²) >= 11 is 0. The second kappa shape index (κ2) is 6.68. The number of benzene rings is 2. The molecule has 2 aromatic carbocycles. The number of amidine groups is 1. The Labute approximate surface area is 130 Å². The summed E-state index contributed by atoms with van der Waals surface area (Å²) in [4.78, 5) is 7.83. The molecule has 0 atom stereocenters. The van der Waals surface area contributed by atoms with Crippen LogP contribution in [0.4, 0.5) is 11.4 Å². The number of pyridine rings is 1. The van der Waals surface area contributed by atoms with Crippen molar-refractivity contribution in [3.05, 3.63) is 90.3 Å². The Kier molecular flexibility index (Phi) is 4.25. The lowest BCUT2D eigenvalue weighted by molar-refractivity contribution is -0.377. The zero-order chi connectivity index (χ0) is 15.2. The predicted molar refractivity (Wildman–Crippen MR) is 90.4 cm³/mol. The minimum atomic E-state index is 0.823. The lowest BCUT2D eigenvalue weighted by atomic mass is 10.2. The molecule has 0 saturated carbocycles. The van der Waals surface area contributed by atoms with Gasteiger partial charge >= 0.3 is 0 Å². The fourth-order valence-corrected chi connectivity index (χ4v) is 2.12. The molecule has 2 N–H and O–H groups in total. The highest BCUT2D eigenvalue weighted by atomic mass is 15.0. The first kappa shape index (κ1) is 14.0. The molecule has 1 heterocycles. The van der Waals surface area contributed by atoms with Gasteiger partial charge in [0.05, 0.1) is 5.69 Å². The van der Waals surface area contributed by atoms with E-state index in [1.165, 1.54) is 5.56 Å². The summed E-state index contributed by atoms with van der Waals surface area (Å²) < 4.78 is 0. The molecule has 0 radical (unpaired) electrons. The first-order chi connectivity index (χ1) is 10.8. The number of aliphatic imine (C=N–C) groups is 1. The molecule has 108 valence electrons. The van der Waals surface area contributed by atoms with Crippen LogP contribution in [-0.4, -0.2) is 5.84 Å². The first-order valence-electron chi connectivity index (χ1n) is 7.25. The van der Waals surface area contributed by atoms with Gasteiger partial charge in [0.25, 0.3) is 0 Å². The van der Waals surface area contributed by atoms with Crippen LogP contribution in [0.1, 0.15) is 11.1 Å². The van der Waals surface area contributed by atoms with Gasteiger partial charge in [-0.25, -0.2) is 9.98 Å². The van der Waals surface area contributed by atoms with E-state index < -0.39 is 0 Å². The third kappa shape index (κ3) is 3.58. The zero-order valence-electron chi connectivity index (χ0n) is 12.5. The number of rotatable bonds is 3. The number of H-pyrrole nitrogens is 1. The summed E-state index contributed by atoms with van der Waals surface area (Å²) in [6, 6.07) is 22.3. The van der Waals surface area contributed by atoms with Crippen LogP contribution in [0.15, 0.2) is 84.1 Å². The zero-order valence-corrected chi connectivity index (χ0v) is 12.5. The van der Waals surface area contributed by atoms with Gasteiger partial charge in [0.2, 0.25) is 0 Å². The fraction of sp³-hybridized carbons (Fsp3) is 0.0526.